The van der Waals surface area contributed by atoms with Crippen LogP contribution in [0.1, 0.15) is 84.4 Å². The third kappa shape index (κ3) is 3.60. The zero-order valence-electron chi connectivity index (χ0n) is 13.5. The molecule has 1 aromatic rings. The summed E-state index contributed by atoms with van der Waals surface area (Å²) in [5.74, 6) is 0.647. The van der Waals surface area contributed by atoms with Crippen molar-refractivity contribution in [3.63, 3.8) is 0 Å². The molecule has 0 N–H and O–H groups in total. The molecule has 18 heavy (non-hydrogen) atoms. The summed E-state index contributed by atoms with van der Waals surface area (Å²) in [6.45, 7) is 18.4. The van der Waals surface area contributed by atoms with E-state index in [2.05, 4.69) is 73.6 Å². The van der Waals surface area contributed by atoms with Gasteiger partial charge in [0, 0.05) is 0 Å². The maximum Gasteiger partial charge on any atom is -0.0132 e. The fourth-order valence-corrected chi connectivity index (χ4v) is 2.04. The van der Waals surface area contributed by atoms with E-state index in [0.29, 0.717) is 5.92 Å². The van der Waals surface area contributed by atoms with Crippen LogP contribution in [0.2, 0.25) is 0 Å². The van der Waals surface area contributed by atoms with Crippen LogP contribution in [-0.4, -0.2) is 0 Å². The summed E-state index contributed by atoms with van der Waals surface area (Å²) in [6, 6.07) is 7.21. The molecule has 0 aliphatic carbocycles. The summed E-state index contributed by atoms with van der Waals surface area (Å²) < 4.78 is 0. The van der Waals surface area contributed by atoms with Gasteiger partial charge in [-0.15, -0.1) is 0 Å². The van der Waals surface area contributed by atoms with Gasteiger partial charge in [-0.25, -0.2) is 0 Å². The first-order valence-electron chi connectivity index (χ1n) is 7.21. The highest BCUT2D eigenvalue weighted by Crippen LogP contribution is 2.33. The van der Waals surface area contributed by atoms with E-state index in [1.807, 2.05) is 0 Å². The van der Waals surface area contributed by atoms with Gasteiger partial charge < -0.3 is 0 Å². The Morgan fingerprint density at radius 2 is 1.22 bits per heavy atom. The van der Waals surface area contributed by atoms with Gasteiger partial charge in [-0.1, -0.05) is 73.6 Å². The molecule has 0 spiro atoms. The van der Waals surface area contributed by atoms with Crippen LogP contribution in [0.3, 0.4) is 0 Å². The highest BCUT2D eigenvalue weighted by molar-refractivity contribution is 5.38. The summed E-state index contributed by atoms with van der Waals surface area (Å²) in [5, 5.41) is 0. The van der Waals surface area contributed by atoms with Gasteiger partial charge in [-0.3, -0.25) is 0 Å². The van der Waals surface area contributed by atoms with Crippen molar-refractivity contribution in [1.29, 1.82) is 0 Å². The number of hydrogen-bond acceptors (Lipinski definition) is 0. The molecule has 0 radical (unpaired) electrons. The summed E-state index contributed by atoms with van der Waals surface area (Å²) in [6.07, 6.45) is 1.21. The van der Waals surface area contributed by atoms with Gasteiger partial charge in [0.15, 0.2) is 0 Å². The van der Waals surface area contributed by atoms with Crippen molar-refractivity contribution in [2.75, 3.05) is 0 Å². The average Bonchev–Trinajstić information content (AvgIpc) is 2.25. The van der Waals surface area contributed by atoms with Gasteiger partial charge in [0.2, 0.25) is 0 Å². The van der Waals surface area contributed by atoms with Crippen molar-refractivity contribution in [3.8, 4) is 0 Å². The molecule has 0 unspecified atom stereocenters. The summed E-state index contributed by atoms with van der Waals surface area (Å²) in [5.41, 5.74) is 4.87. The number of benzene rings is 1. The quantitative estimate of drug-likeness (QED) is 0.619. The minimum atomic E-state index is 0.226. The molecule has 0 fully saturated rings. The van der Waals surface area contributed by atoms with E-state index in [4.69, 9.17) is 0 Å². The third-order valence-electron chi connectivity index (χ3n) is 3.87. The molecule has 0 bridgehead atoms. The maximum atomic E-state index is 2.41. The zero-order valence-corrected chi connectivity index (χ0v) is 13.5. The Morgan fingerprint density at radius 3 is 1.50 bits per heavy atom. The first-order valence-corrected chi connectivity index (χ1v) is 7.21. The van der Waals surface area contributed by atoms with Crippen LogP contribution in [0.5, 0.6) is 0 Å². The molecule has 1 atom stereocenters. The van der Waals surface area contributed by atoms with Crippen LogP contribution in [0.4, 0.5) is 0 Å². The standard InChI is InChI=1S/C18H30/c1-9-13(2)14-10-15(17(3,4)5)12-16(11-14)18(6,7)8/h10-13H,9H2,1-8H3/t13-/m1/s1. The number of rotatable bonds is 2. The van der Waals surface area contributed by atoms with Gasteiger partial charge in [0.25, 0.3) is 0 Å². The van der Waals surface area contributed by atoms with Crippen molar-refractivity contribution in [2.45, 2.75) is 78.6 Å². The topological polar surface area (TPSA) is 0 Å². The van der Waals surface area contributed by atoms with Crippen LogP contribution >= 0.6 is 0 Å². The molecule has 1 aromatic carbocycles. The average molecular weight is 246 g/mol. The molecule has 0 aliphatic rings. The molecule has 0 saturated heterocycles. The Morgan fingerprint density at radius 1 is 0.833 bits per heavy atom. The molecule has 1 rings (SSSR count). The monoisotopic (exact) mass is 246 g/mol. The SMILES string of the molecule is CC[C@@H](C)c1cc(C(C)(C)C)cc(C(C)(C)C)c1. The van der Waals surface area contributed by atoms with Gasteiger partial charge in [-0.2, -0.15) is 0 Å². The van der Waals surface area contributed by atoms with Crippen LogP contribution < -0.4 is 0 Å². The van der Waals surface area contributed by atoms with Gasteiger partial charge in [0.05, 0.1) is 0 Å². The van der Waals surface area contributed by atoms with Crippen LogP contribution in [0.15, 0.2) is 18.2 Å². The summed E-state index contributed by atoms with van der Waals surface area (Å²) in [7, 11) is 0. The van der Waals surface area contributed by atoms with E-state index in [1.54, 1.807) is 0 Å². The Balaban J connectivity index is 3.39. The molecule has 0 heteroatoms. The molecular weight excluding hydrogens is 216 g/mol. The molecule has 0 nitrogen and oxygen atoms in total. The third-order valence-corrected chi connectivity index (χ3v) is 3.87. The van der Waals surface area contributed by atoms with Crippen LogP contribution in [-0.2, 0) is 10.8 Å². The lowest BCUT2D eigenvalue weighted by Gasteiger charge is -2.27. The Hall–Kier alpha value is -0.780. The highest BCUT2D eigenvalue weighted by atomic mass is 14.3. The highest BCUT2D eigenvalue weighted by Gasteiger charge is 2.21. The second-order valence-corrected chi connectivity index (χ2v) is 7.65. The lowest BCUT2D eigenvalue weighted by Crippen LogP contribution is -2.17. The van der Waals surface area contributed by atoms with Crippen molar-refractivity contribution in [2.24, 2.45) is 0 Å². The van der Waals surface area contributed by atoms with E-state index in [9.17, 15) is 0 Å². The Bertz CT molecular complexity index is 367. The second kappa shape index (κ2) is 5.07. The largest absolute Gasteiger partial charge is 0.0648 e. The molecule has 0 aliphatic heterocycles. The van der Waals surface area contributed by atoms with E-state index in [0.717, 1.165) is 0 Å². The lowest BCUT2D eigenvalue weighted by molar-refractivity contribution is 0.564. The maximum absolute atomic E-state index is 2.41. The normalized spacial score (nSPS) is 14.7. The second-order valence-electron chi connectivity index (χ2n) is 7.65. The van der Waals surface area contributed by atoms with E-state index >= 15 is 0 Å². The van der Waals surface area contributed by atoms with E-state index in [-0.39, 0.29) is 10.8 Å². The minimum absolute atomic E-state index is 0.226. The Kier molecular flexibility index (Phi) is 4.30. The van der Waals surface area contributed by atoms with Crippen LogP contribution in [0.25, 0.3) is 0 Å². The van der Waals surface area contributed by atoms with Gasteiger partial charge in [-0.05, 0) is 39.9 Å². The first kappa shape index (κ1) is 15.3. The summed E-state index contributed by atoms with van der Waals surface area (Å²) in [4.78, 5) is 0. The Labute approximate surface area is 114 Å². The van der Waals surface area contributed by atoms with Crippen molar-refractivity contribution in [1.82, 2.24) is 0 Å². The van der Waals surface area contributed by atoms with Gasteiger partial charge >= 0.3 is 0 Å². The first-order chi connectivity index (χ1) is 8.05. The molecule has 0 amide bonds. The summed E-state index contributed by atoms with van der Waals surface area (Å²) >= 11 is 0. The van der Waals surface area contributed by atoms with Crippen molar-refractivity contribution < 1.29 is 0 Å². The van der Waals surface area contributed by atoms with Crippen molar-refractivity contribution >= 4 is 0 Å². The molecule has 0 aromatic heterocycles. The van der Waals surface area contributed by atoms with Crippen molar-refractivity contribution in [3.05, 3.63) is 34.9 Å². The molecule has 0 saturated carbocycles. The minimum Gasteiger partial charge on any atom is -0.0648 e. The number of hydrogen-bond donors (Lipinski definition) is 0. The zero-order chi connectivity index (χ0) is 14.1. The molecule has 0 heterocycles. The molecular formula is C18H30. The lowest BCUT2D eigenvalue weighted by atomic mass is 9.78. The van der Waals surface area contributed by atoms with Gasteiger partial charge in [0.1, 0.15) is 0 Å². The fraction of sp³-hybridized carbons (Fsp3) is 0.667. The van der Waals surface area contributed by atoms with E-state index < -0.39 is 0 Å². The molecule has 102 valence electrons. The fourth-order valence-electron chi connectivity index (χ4n) is 2.04. The van der Waals surface area contributed by atoms with E-state index in [1.165, 1.54) is 23.1 Å². The van der Waals surface area contributed by atoms with Crippen LogP contribution in [0, 0.1) is 0 Å². The predicted octanol–water partition coefficient (Wildman–Crippen LogP) is 5.80. The smallest absolute Gasteiger partial charge is 0.0132 e. The predicted molar refractivity (Wildman–Crippen MR) is 82.5 cm³/mol.